The smallest absolute Gasteiger partial charge is 0.298 e. The number of nitrogens with two attached hydrogens (primary N) is 1. The number of piperidine rings is 1. The average molecular weight is 437 g/mol. The van der Waals surface area contributed by atoms with E-state index < -0.39 is 0 Å². The Bertz CT molecular complexity index is 878. The molecule has 1 amide bonds. The van der Waals surface area contributed by atoms with E-state index in [1.807, 2.05) is 54.6 Å². The summed E-state index contributed by atoms with van der Waals surface area (Å²) in [6, 6.07) is 18.0. The average Bonchev–Trinajstić information content (AvgIpc) is 3.17. The summed E-state index contributed by atoms with van der Waals surface area (Å²) in [6.45, 7) is 1.97. The van der Waals surface area contributed by atoms with Crippen LogP contribution in [0.25, 0.3) is 11.1 Å². The summed E-state index contributed by atoms with van der Waals surface area (Å²) < 4.78 is 5.83. The highest BCUT2D eigenvalue weighted by Crippen LogP contribution is 2.26. The summed E-state index contributed by atoms with van der Waals surface area (Å²) in [5.74, 6) is 0.0900. The summed E-state index contributed by atoms with van der Waals surface area (Å²) in [5, 5.41) is 3.01. The topological polar surface area (TPSA) is 84.4 Å². The van der Waals surface area contributed by atoms with Crippen molar-refractivity contribution in [1.82, 2.24) is 10.3 Å². The van der Waals surface area contributed by atoms with Crippen molar-refractivity contribution in [3.8, 4) is 0 Å². The molecule has 3 aromatic rings. The van der Waals surface area contributed by atoms with Crippen LogP contribution in [-0.4, -0.2) is 30.5 Å². The van der Waals surface area contributed by atoms with Crippen molar-refractivity contribution in [1.29, 1.82) is 0 Å². The van der Waals surface area contributed by atoms with Crippen LogP contribution in [0.4, 0.5) is 6.01 Å². The van der Waals surface area contributed by atoms with Crippen molar-refractivity contribution in [3.63, 3.8) is 0 Å². The number of carbonyl (C=O) groups excluding carboxylic acids is 1. The number of benzene rings is 2. The molecule has 1 aliphatic rings. The van der Waals surface area contributed by atoms with Crippen LogP contribution in [0.5, 0.6) is 0 Å². The van der Waals surface area contributed by atoms with Gasteiger partial charge in [0.2, 0.25) is 5.91 Å². The molecule has 0 saturated carbocycles. The third-order valence-electron chi connectivity index (χ3n) is 5.14. The second-order valence-corrected chi connectivity index (χ2v) is 6.99. The molecule has 1 unspecified atom stereocenters. The molecule has 2 heterocycles. The SMILES string of the molecule is Cl.Cl.NC(CNC(=O)C1CCN(c2nc3ccccc3o2)CC1)c1ccccc1. The highest BCUT2D eigenvalue weighted by molar-refractivity contribution is 5.85. The summed E-state index contributed by atoms with van der Waals surface area (Å²) in [6.07, 6.45) is 1.57. The fourth-order valence-electron chi connectivity index (χ4n) is 3.50. The normalized spacial score (nSPS) is 15.3. The number of hydrogen-bond donors (Lipinski definition) is 2. The van der Waals surface area contributed by atoms with Gasteiger partial charge in [0, 0.05) is 31.6 Å². The number of aromatic nitrogens is 1. The van der Waals surface area contributed by atoms with Crippen LogP contribution in [0, 0.1) is 5.92 Å². The van der Waals surface area contributed by atoms with Crippen LogP contribution in [0.2, 0.25) is 0 Å². The fraction of sp³-hybridized carbons (Fsp3) is 0.333. The largest absolute Gasteiger partial charge is 0.423 e. The van der Waals surface area contributed by atoms with E-state index in [4.69, 9.17) is 10.2 Å². The van der Waals surface area contributed by atoms with Gasteiger partial charge in [-0.1, -0.05) is 42.5 Å². The van der Waals surface area contributed by atoms with Crippen molar-refractivity contribution >= 4 is 47.8 Å². The van der Waals surface area contributed by atoms with E-state index in [-0.39, 0.29) is 42.7 Å². The van der Waals surface area contributed by atoms with E-state index in [9.17, 15) is 4.79 Å². The number of carbonyl (C=O) groups is 1. The van der Waals surface area contributed by atoms with E-state index >= 15 is 0 Å². The Morgan fingerprint density at radius 1 is 1.10 bits per heavy atom. The number of amides is 1. The lowest BCUT2D eigenvalue weighted by atomic mass is 9.96. The maximum atomic E-state index is 12.5. The van der Waals surface area contributed by atoms with Gasteiger partial charge in [-0.15, -0.1) is 24.8 Å². The molecule has 1 saturated heterocycles. The van der Waals surface area contributed by atoms with Gasteiger partial charge in [-0.3, -0.25) is 4.79 Å². The highest BCUT2D eigenvalue weighted by atomic mass is 35.5. The minimum atomic E-state index is -0.185. The lowest BCUT2D eigenvalue weighted by molar-refractivity contribution is -0.125. The molecule has 1 atom stereocenters. The molecule has 4 rings (SSSR count). The first-order valence-electron chi connectivity index (χ1n) is 9.39. The van der Waals surface area contributed by atoms with Crippen molar-refractivity contribution in [2.24, 2.45) is 11.7 Å². The molecule has 0 bridgehead atoms. The molecule has 0 radical (unpaired) electrons. The minimum Gasteiger partial charge on any atom is -0.423 e. The zero-order valence-electron chi connectivity index (χ0n) is 16.0. The second-order valence-electron chi connectivity index (χ2n) is 6.99. The standard InChI is InChI=1S/C21H24N4O2.2ClH/c22-17(15-6-2-1-3-7-15)14-23-20(26)16-10-12-25(13-11-16)21-24-18-8-4-5-9-19(18)27-21;;/h1-9,16-17H,10-14,22H2,(H,23,26);2*1H. The molecule has 0 spiro atoms. The first kappa shape index (κ1) is 23.0. The van der Waals surface area contributed by atoms with Gasteiger partial charge in [-0.05, 0) is 30.5 Å². The van der Waals surface area contributed by atoms with E-state index in [0.717, 1.165) is 42.6 Å². The number of nitrogens with one attached hydrogen (secondary N) is 1. The Morgan fingerprint density at radius 3 is 2.45 bits per heavy atom. The monoisotopic (exact) mass is 436 g/mol. The minimum absolute atomic E-state index is 0. The summed E-state index contributed by atoms with van der Waals surface area (Å²) in [4.78, 5) is 19.1. The fourth-order valence-corrected chi connectivity index (χ4v) is 3.50. The number of para-hydroxylation sites is 2. The van der Waals surface area contributed by atoms with Crippen LogP contribution in [0.15, 0.2) is 59.0 Å². The van der Waals surface area contributed by atoms with Gasteiger partial charge in [0.1, 0.15) is 5.52 Å². The molecule has 1 aliphatic heterocycles. The number of halogens is 2. The first-order chi connectivity index (χ1) is 13.2. The maximum absolute atomic E-state index is 12.5. The van der Waals surface area contributed by atoms with Gasteiger partial charge in [0.25, 0.3) is 6.01 Å². The molecule has 1 aromatic heterocycles. The highest BCUT2D eigenvalue weighted by Gasteiger charge is 2.27. The molecule has 1 fully saturated rings. The Kier molecular flexibility index (Phi) is 8.32. The van der Waals surface area contributed by atoms with E-state index in [0.29, 0.717) is 12.6 Å². The summed E-state index contributed by atoms with van der Waals surface area (Å²) in [5.41, 5.74) is 8.85. The lowest BCUT2D eigenvalue weighted by Crippen LogP contribution is -2.42. The Morgan fingerprint density at radius 2 is 1.76 bits per heavy atom. The zero-order valence-corrected chi connectivity index (χ0v) is 17.6. The van der Waals surface area contributed by atoms with Gasteiger partial charge in [-0.2, -0.15) is 4.98 Å². The lowest BCUT2D eigenvalue weighted by Gasteiger charge is -2.30. The molecule has 156 valence electrons. The molecule has 8 heteroatoms. The molecular formula is C21H26Cl2N4O2. The molecule has 2 aromatic carbocycles. The molecule has 3 N–H and O–H groups in total. The van der Waals surface area contributed by atoms with Gasteiger partial charge in [0.15, 0.2) is 5.58 Å². The second kappa shape index (κ2) is 10.5. The van der Waals surface area contributed by atoms with Crippen LogP contribution in [0.3, 0.4) is 0 Å². The number of hydrogen-bond acceptors (Lipinski definition) is 5. The van der Waals surface area contributed by atoms with Crippen molar-refractivity contribution in [2.75, 3.05) is 24.5 Å². The van der Waals surface area contributed by atoms with Gasteiger partial charge >= 0.3 is 0 Å². The van der Waals surface area contributed by atoms with E-state index in [1.165, 1.54) is 0 Å². The summed E-state index contributed by atoms with van der Waals surface area (Å²) >= 11 is 0. The van der Waals surface area contributed by atoms with Gasteiger partial charge in [-0.25, -0.2) is 0 Å². The number of fused-ring (bicyclic) bond motifs is 1. The quantitative estimate of drug-likeness (QED) is 0.636. The summed E-state index contributed by atoms with van der Waals surface area (Å²) in [7, 11) is 0. The van der Waals surface area contributed by atoms with Gasteiger partial charge < -0.3 is 20.4 Å². The Labute approximate surface area is 182 Å². The number of anilines is 1. The predicted molar refractivity (Wildman–Crippen MR) is 120 cm³/mol. The molecule has 0 aliphatic carbocycles. The Hall–Kier alpha value is -2.28. The van der Waals surface area contributed by atoms with E-state index in [1.54, 1.807) is 0 Å². The van der Waals surface area contributed by atoms with Crippen molar-refractivity contribution in [3.05, 3.63) is 60.2 Å². The van der Waals surface area contributed by atoms with Crippen LogP contribution in [0.1, 0.15) is 24.4 Å². The van der Waals surface area contributed by atoms with Crippen molar-refractivity contribution in [2.45, 2.75) is 18.9 Å². The van der Waals surface area contributed by atoms with Crippen LogP contribution < -0.4 is 16.0 Å². The molecule has 6 nitrogen and oxygen atoms in total. The van der Waals surface area contributed by atoms with Crippen molar-refractivity contribution < 1.29 is 9.21 Å². The third kappa shape index (κ3) is 5.41. The first-order valence-corrected chi connectivity index (χ1v) is 9.39. The zero-order chi connectivity index (χ0) is 18.6. The number of nitrogens with zero attached hydrogens (tertiary/aromatic N) is 2. The van der Waals surface area contributed by atoms with Crippen LogP contribution in [-0.2, 0) is 4.79 Å². The number of rotatable bonds is 5. The third-order valence-corrected chi connectivity index (χ3v) is 5.14. The number of oxazole rings is 1. The molecular weight excluding hydrogens is 411 g/mol. The predicted octanol–water partition coefficient (Wildman–Crippen LogP) is 3.70. The maximum Gasteiger partial charge on any atom is 0.298 e. The Balaban J connectivity index is 0.00000150. The van der Waals surface area contributed by atoms with Crippen LogP contribution >= 0.6 is 24.8 Å². The van der Waals surface area contributed by atoms with Gasteiger partial charge in [0.05, 0.1) is 0 Å². The molecule has 29 heavy (non-hydrogen) atoms. The van der Waals surface area contributed by atoms with E-state index in [2.05, 4.69) is 15.2 Å².